The second-order valence-corrected chi connectivity index (χ2v) is 6.88. The summed E-state index contributed by atoms with van der Waals surface area (Å²) in [5, 5.41) is 2.94. The van der Waals surface area contributed by atoms with Crippen molar-refractivity contribution < 1.29 is 14.3 Å². The molecule has 2 aromatic carbocycles. The van der Waals surface area contributed by atoms with Gasteiger partial charge in [-0.3, -0.25) is 0 Å². The fourth-order valence-electron chi connectivity index (χ4n) is 3.25. The molecule has 3 rings (SSSR count). The third-order valence-electron chi connectivity index (χ3n) is 4.93. The Bertz CT molecular complexity index is 800. The van der Waals surface area contributed by atoms with Crippen molar-refractivity contribution in [3.63, 3.8) is 0 Å². The van der Waals surface area contributed by atoms with Crippen LogP contribution in [0.3, 0.4) is 0 Å². The average molecular weight is 384 g/mol. The fourth-order valence-corrected chi connectivity index (χ4v) is 3.25. The van der Waals surface area contributed by atoms with Crippen molar-refractivity contribution in [2.45, 2.75) is 0 Å². The molecule has 7 nitrogen and oxygen atoms in total. The number of amides is 2. The van der Waals surface area contributed by atoms with E-state index < -0.39 is 0 Å². The monoisotopic (exact) mass is 384 g/mol. The highest BCUT2D eigenvalue weighted by Gasteiger charge is 2.21. The Kier molecular flexibility index (Phi) is 6.13. The summed E-state index contributed by atoms with van der Waals surface area (Å²) >= 11 is 0. The van der Waals surface area contributed by atoms with Gasteiger partial charge in [0.1, 0.15) is 0 Å². The Morgan fingerprint density at radius 3 is 2.14 bits per heavy atom. The van der Waals surface area contributed by atoms with Gasteiger partial charge in [0.25, 0.3) is 0 Å². The quantitative estimate of drug-likeness (QED) is 0.858. The molecule has 7 heteroatoms. The van der Waals surface area contributed by atoms with Gasteiger partial charge in [-0.1, -0.05) is 0 Å². The van der Waals surface area contributed by atoms with E-state index in [1.807, 2.05) is 25.1 Å². The van der Waals surface area contributed by atoms with E-state index in [1.54, 1.807) is 26.4 Å². The zero-order valence-electron chi connectivity index (χ0n) is 16.9. The van der Waals surface area contributed by atoms with Gasteiger partial charge in [-0.05, 0) is 36.4 Å². The number of urea groups is 1. The van der Waals surface area contributed by atoms with E-state index in [0.717, 1.165) is 13.1 Å². The normalized spacial score (nSPS) is 13.9. The number of hydrogen-bond acceptors (Lipinski definition) is 5. The molecular weight excluding hydrogens is 356 g/mol. The van der Waals surface area contributed by atoms with Crippen LogP contribution in [0.4, 0.5) is 21.9 Å². The predicted octanol–water partition coefficient (Wildman–Crippen LogP) is 3.12. The molecule has 2 amide bonds. The van der Waals surface area contributed by atoms with Crippen LogP contribution in [-0.4, -0.2) is 65.4 Å². The molecule has 1 saturated heterocycles. The minimum Gasteiger partial charge on any atom is -0.493 e. The number of carbonyl (C=O) groups is 1. The van der Waals surface area contributed by atoms with Crippen molar-refractivity contribution in [1.29, 1.82) is 0 Å². The van der Waals surface area contributed by atoms with Crippen molar-refractivity contribution in [3.8, 4) is 11.5 Å². The van der Waals surface area contributed by atoms with Gasteiger partial charge in [0.05, 0.1) is 14.2 Å². The first kappa shape index (κ1) is 19.7. The zero-order chi connectivity index (χ0) is 20.1. The van der Waals surface area contributed by atoms with Gasteiger partial charge in [0, 0.05) is 63.4 Å². The van der Waals surface area contributed by atoms with Gasteiger partial charge in [-0.25, -0.2) is 4.79 Å². The molecule has 28 heavy (non-hydrogen) atoms. The molecule has 0 atom stereocenters. The Labute approximate surface area is 166 Å². The maximum atomic E-state index is 12.6. The van der Waals surface area contributed by atoms with Gasteiger partial charge >= 0.3 is 6.03 Å². The van der Waals surface area contributed by atoms with Gasteiger partial charge in [0.15, 0.2) is 11.5 Å². The number of nitrogens with zero attached hydrogens (tertiary/aromatic N) is 3. The summed E-state index contributed by atoms with van der Waals surface area (Å²) in [6.45, 7) is 2.96. The number of hydrogen-bond donors (Lipinski definition) is 1. The summed E-state index contributed by atoms with van der Waals surface area (Å²) in [6.07, 6.45) is 0. The smallest absolute Gasteiger partial charge is 0.321 e. The highest BCUT2D eigenvalue weighted by molar-refractivity contribution is 5.90. The lowest BCUT2D eigenvalue weighted by Gasteiger charge is -2.36. The first-order valence-electron chi connectivity index (χ1n) is 9.32. The van der Waals surface area contributed by atoms with Gasteiger partial charge < -0.3 is 29.5 Å². The SMILES string of the molecule is COc1ccc(NC(=O)N2CCN(c3ccc(N(C)C)cc3)CC2)cc1OC. The molecule has 1 heterocycles. The van der Waals surface area contributed by atoms with E-state index in [-0.39, 0.29) is 6.03 Å². The van der Waals surface area contributed by atoms with Crippen molar-refractivity contribution in [1.82, 2.24) is 4.90 Å². The predicted molar refractivity (Wildman–Crippen MR) is 113 cm³/mol. The maximum absolute atomic E-state index is 12.6. The van der Waals surface area contributed by atoms with Crippen molar-refractivity contribution in [2.75, 3.05) is 69.6 Å². The summed E-state index contributed by atoms with van der Waals surface area (Å²) in [6, 6.07) is 13.8. The van der Waals surface area contributed by atoms with Crippen molar-refractivity contribution in [2.24, 2.45) is 0 Å². The molecule has 0 spiro atoms. The van der Waals surface area contributed by atoms with E-state index >= 15 is 0 Å². The second-order valence-electron chi connectivity index (χ2n) is 6.88. The molecular formula is C21H28N4O3. The molecule has 0 bridgehead atoms. The minimum absolute atomic E-state index is 0.102. The summed E-state index contributed by atoms with van der Waals surface area (Å²) in [4.78, 5) is 18.8. The zero-order valence-corrected chi connectivity index (χ0v) is 16.9. The number of nitrogens with one attached hydrogen (secondary N) is 1. The summed E-state index contributed by atoms with van der Waals surface area (Å²) in [7, 11) is 7.23. The molecule has 0 aliphatic carbocycles. The lowest BCUT2D eigenvalue weighted by Crippen LogP contribution is -2.50. The Hall–Kier alpha value is -3.09. The van der Waals surface area contributed by atoms with Crippen LogP contribution in [0.15, 0.2) is 42.5 Å². The first-order valence-corrected chi connectivity index (χ1v) is 9.32. The maximum Gasteiger partial charge on any atom is 0.321 e. The molecule has 0 radical (unpaired) electrons. The molecule has 1 N–H and O–H groups in total. The number of benzene rings is 2. The lowest BCUT2D eigenvalue weighted by atomic mass is 10.2. The topological polar surface area (TPSA) is 57.3 Å². The Morgan fingerprint density at radius 1 is 0.929 bits per heavy atom. The van der Waals surface area contributed by atoms with Crippen LogP contribution >= 0.6 is 0 Å². The van der Waals surface area contributed by atoms with Crippen LogP contribution in [0.5, 0.6) is 11.5 Å². The molecule has 1 fully saturated rings. The molecule has 150 valence electrons. The Morgan fingerprint density at radius 2 is 1.57 bits per heavy atom. The number of rotatable bonds is 5. The standard InChI is InChI=1S/C21H28N4O3/c1-23(2)17-6-8-18(9-7-17)24-11-13-25(14-12-24)21(26)22-16-5-10-19(27-3)20(15-16)28-4/h5-10,15H,11-14H2,1-4H3,(H,22,26). The minimum atomic E-state index is -0.102. The highest BCUT2D eigenvalue weighted by Crippen LogP contribution is 2.30. The third kappa shape index (κ3) is 4.42. The van der Waals surface area contributed by atoms with E-state index in [4.69, 9.17) is 9.47 Å². The van der Waals surface area contributed by atoms with Gasteiger partial charge in [0.2, 0.25) is 0 Å². The van der Waals surface area contributed by atoms with E-state index in [9.17, 15) is 4.79 Å². The van der Waals surface area contributed by atoms with Crippen LogP contribution in [0.25, 0.3) is 0 Å². The van der Waals surface area contributed by atoms with Crippen molar-refractivity contribution >= 4 is 23.1 Å². The number of carbonyl (C=O) groups excluding carboxylic acids is 1. The second kappa shape index (κ2) is 8.73. The number of ether oxygens (including phenoxy) is 2. The molecule has 2 aromatic rings. The molecule has 1 aliphatic heterocycles. The largest absolute Gasteiger partial charge is 0.493 e. The average Bonchev–Trinajstić information content (AvgIpc) is 2.73. The highest BCUT2D eigenvalue weighted by atomic mass is 16.5. The van der Waals surface area contributed by atoms with Gasteiger partial charge in [-0.2, -0.15) is 0 Å². The number of piperazine rings is 1. The fraction of sp³-hybridized carbons (Fsp3) is 0.381. The molecule has 0 unspecified atom stereocenters. The van der Waals surface area contributed by atoms with Crippen LogP contribution in [-0.2, 0) is 0 Å². The van der Waals surface area contributed by atoms with Crippen LogP contribution in [0.1, 0.15) is 0 Å². The van der Waals surface area contributed by atoms with E-state index in [1.165, 1.54) is 11.4 Å². The lowest BCUT2D eigenvalue weighted by molar-refractivity contribution is 0.208. The third-order valence-corrected chi connectivity index (χ3v) is 4.93. The summed E-state index contributed by atoms with van der Waals surface area (Å²) in [5.41, 5.74) is 3.05. The molecule has 1 aliphatic rings. The van der Waals surface area contributed by atoms with E-state index in [0.29, 0.717) is 30.3 Å². The number of methoxy groups -OCH3 is 2. The van der Waals surface area contributed by atoms with Crippen LogP contribution < -0.4 is 24.6 Å². The van der Waals surface area contributed by atoms with Crippen LogP contribution in [0.2, 0.25) is 0 Å². The van der Waals surface area contributed by atoms with Gasteiger partial charge in [-0.15, -0.1) is 0 Å². The van der Waals surface area contributed by atoms with Crippen LogP contribution in [0, 0.1) is 0 Å². The molecule has 0 aromatic heterocycles. The molecule has 0 saturated carbocycles. The first-order chi connectivity index (χ1) is 13.5. The summed E-state index contributed by atoms with van der Waals surface area (Å²) < 4.78 is 10.5. The number of anilines is 3. The summed E-state index contributed by atoms with van der Waals surface area (Å²) in [5.74, 6) is 1.22. The Balaban J connectivity index is 1.56. The van der Waals surface area contributed by atoms with E-state index in [2.05, 4.69) is 39.4 Å². The van der Waals surface area contributed by atoms with Crippen molar-refractivity contribution in [3.05, 3.63) is 42.5 Å².